The lowest BCUT2D eigenvalue weighted by atomic mass is 10.1. The molecule has 0 saturated carbocycles. The minimum Gasteiger partial charge on any atom is -0.211 e. The van der Waals surface area contributed by atoms with E-state index in [1.807, 2.05) is 19.1 Å². The standard InChI is InChI=1S/C10H8N2O2.C8H12N2O2/c1-8-2-4-9(5-3-8)10(11-6-13)12-7-14;11-7-9-5-3-1-2-4-6-10-8-12/h2-5,10H,1H3;1-6H2. The molecule has 26 heavy (non-hydrogen) atoms. The summed E-state index contributed by atoms with van der Waals surface area (Å²) in [5, 5.41) is 0. The van der Waals surface area contributed by atoms with Gasteiger partial charge in [-0.05, 0) is 25.3 Å². The van der Waals surface area contributed by atoms with Crippen LogP contribution >= 0.6 is 0 Å². The highest BCUT2D eigenvalue weighted by Crippen LogP contribution is 2.17. The topological polar surface area (TPSA) is 118 Å². The van der Waals surface area contributed by atoms with Crippen LogP contribution in [0.1, 0.15) is 43.0 Å². The lowest BCUT2D eigenvalue weighted by Gasteiger charge is -2.03. The quantitative estimate of drug-likeness (QED) is 0.364. The molecule has 0 heterocycles. The average Bonchev–Trinajstić information content (AvgIpc) is 2.65. The van der Waals surface area contributed by atoms with E-state index in [4.69, 9.17) is 0 Å². The van der Waals surface area contributed by atoms with Crippen LogP contribution in [0.15, 0.2) is 44.2 Å². The fraction of sp³-hybridized carbons (Fsp3) is 0.444. The molecule has 0 N–H and O–H groups in total. The molecule has 0 aliphatic heterocycles. The highest BCUT2D eigenvalue weighted by atomic mass is 16.1. The van der Waals surface area contributed by atoms with Gasteiger partial charge >= 0.3 is 0 Å². The van der Waals surface area contributed by atoms with Gasteiger partial charge < -0.3 is 0 Å². The smallest absolute Gasteiger partial charge is 0.211 e. The van der Waals surface area contributed by atoms with Crippen LogP contribution < -0.4 is 0 Å². The Morgan fingerprint density at radius 3 is 1.58 bits per heavy atom. The lowest BCUT2D eigenvalue weighted by Crippen LogP contribution is -1.91. The number of carbonyl (C=O) groups excluding carboxylic acids is 4. The maximum Gasteiger partial charge on any atom is 0.237 e. The Balaban J connectivity index is 0.000000488. The molecular weight excluding hydrogens is 336 g/mol. The molecule has 0 atom stereocenters. The molecule has 0 aliphatic rings. The molecule has 1 aromatic rings. The first-order valence-electron chi connectivity index (χ1n) is 7.97. The number of hydrogen-bond donors (Lipinski definition) is 0. The van der Waals surface area contributed by atoms with Gasteiger partial charge in [0.05, 0.1) is 13.1 Å². The van der Waals surface area contributed by atoms with Gasteiger partial charge in [0.1, 0.15) is 0 Å². The maximum absolute atomic E-state index is 10.0. The van der Waals surface area contributed by atoms with E-state index in [9.17, 15) is 19.2 Å². The van der Waals surface area contributed by atoms with Crippen molar-refractivity contribution in [2.75, 3.05) is 13.1 Å². The van der Waals surface area contributed by atoms with E-state index in [0.29, 0.717) is 18.7 Å². The van der Waals surface area contributed by atoms with E-state index in [1.165, 1.54) is 24.3 Å². The largest absolute Gasteiger partial charge is 0.237 e. The molecule has 0 unspecified atom stereocenters. The predicted octanol–water partition coefficient (Wildman–Crippen LogP) is 2.88. The molecular formula is C18H20N4O4. The summed E-state index contributed by atoms with van der Waals surface area (Å²) >= 11 is 0. The second-order valence-corrected chi connectivity index (χ2v) is 5.09. The zero-order chi connectivity index (χ0) is 19.5. The van der Waals surface area contributed by atoms with Crippen molar-refractivity contribution in [3.05, 3.63) is 35.4 Å². The molecule has 0 saturated heterocycles. The summed E-state index contributed by atoms with van der Waals surface area (Å²) in [5.74, 6) is 0. The number of aryl methyl sites for hydroxylation is 1. The Hall–Kier alpha value is -3.26. The summed E-state index contributed by atoms with van der Waals surface area (Å²) in [5.41, 5.74) is 1.75. The third kappa shape index (κ3) is 12.2. The van der Waals surface area contributed by atoms with E-state index < -0.39 is 6.17 Å². The SMILES string of the molecule is Cc1ccc(C(N=C=O)N=C=O)cc1.O=C=NCCCCCCN=C=O. The molecule has 0 fully saturated rings. The highest BCUT2D eigenvalue weighted by Gasteiger charge is 2.06. The van der Waals surface area contributed by atoms with Crippen LogP contribution in [0.5, 0.6) is 0 Å². The van der Waals surface area contributed by atoms with Gasteiger partial charge in [-0.2, -0.15) is 9.98 Å². The molecule has 0 amide bonds. The van der Waals surface area contributed by atoms with Crippen molar-refractivity contribution in [1.82, 2.24) is 0 Å². The van der Waals surface area contributed by atoms with Crippen LogP contribution in [0.3, 0.4) is 0 Å². The van der Waals surface area contributed by atoms with Gasteiger partial charge in [-0.1, -0.05) is 42.7 Å². The number of benzene rings is 1. The van der Waals surface area contributed by atoms with Crippen LogP contribution in [0.25, 0.3) is 0 Å². The van der Waals surface area contributed by atoms with E-state index in [1.54, 1.807) is 12.1 Å². The second-order valence-electron chi connectivity index (χ2n) is 5.09. The normalized spacial score (nSPS) is 9.73. The lowest BCUT2D eigenvalue weighted by molar-refractivity contribution is 0.551. The maximum atomic E-state index is 10.0. The summed E-state index contributed by atoms with van der Waals surface area (Å²) in [7, 11) is 0. The molecule has 8 heteroatoms. The van der Waals surface area contributed by atoms with Crippen molar-refractivity contribution >= 4 is 24.3 Å². The fourth-order valence-corrected chi connectivity index (χ4v) is 1.84. The van der Waals surface area contributed by atoms with Crippen molar-refractivity contribution in [2.24, 2.45) is 20.0 Å². The monoisotopic (exact) mass is 356 g/mol. The Morgan fingerprint density at radius 2 is 1.19 bits per heavy atom. The number of rotatable bonds is 10. The summed E-state index contributed by atoms with van der Waals surface area (Å²) in [6.45, 7) is 3.05. The number of hydrogen-bond acceptors (Lipinski definition) is 8. The van der Waals surface area contributed by atoms with Crippen LogP contribution in [0.2, 0.25) is 0 Å². The molecule has 0 radical (unpaired) electrons. The Morgan fingerprint density at radius 1 is 0.731 bits per heavy atom. The first-order chi connectivity index (χ1) is 12.7. The van der Waals surface area contributed by atoms with Gasteiger partial charge in [0.25, 0.3) is 0 Å². The van der Waals surface area contributed by atoms with Crippen molar-refractivity contribution in [3.63, 3.8) is 0 Å². The van der Waals surface area contributed by atoms with Crippen molar-refractivity contribution in [1.29, 1.82) is 0 Å². The fourth-order valence-electron chi connectivity index (χ4n) is 1.84. The summed E-state index contributed by atoms with van der Waals surface area (Å²) < 4.78 is 0. The van der Waals surface area contributed by atoms with Gasteiger partial charge in [0.15, 0.2) is 6.17 Å². The van der Waals surface area contributed by atoms with Crippen LogP contribution in [0, 0.1) is 6.92 Å². The summed E-state index contributed by atoms with van der Waals surface area (Å²) in [4.78, 5) is 52.9. The molecule has 0 aliphatic carbocycles. The van der Waals surface area contributed by atoms with E-state index in [-0.39, 0.29) is 0 Å². The predicted molar refractivity (Wildman–Crippen MR) is 94.6 cm³/mol. The van der Waals surface area contributed by atoms with E-state index in [2.05, 4.69) is 20.0 Å². The van der Waals surface area contributed by atoms with Gasteiger partial charge in [-0.15, -0.1) is 0 Å². The first-order valence-corrected chi connectivity index (χ1v) is 7.97. The third-order valence-electron chi connectivity index (χ3n) is 3.14. The zero-order valence-electron chi connectivity index (χ0n) is 14.6. The van der Waals surface area contributed by atoms with E-state index in [0.717, 1.165) is 31.2 Å². The first kappa shape index (κ1) is 22.7. The van der Waals surface area contributed by atoms with Gasteiger partial charge in [0, 0.05) is 0 Å². The van der Waals surface area contributed by atoms with Gasteiger partial charge in [0.2, 0.25) is 24.3 Å². The molecule has 1 rings (SSSR count). The van der Waals surface area contributed by atoms with Gasteiger partial charge in [-0.3, -0.25) is 0 Å². The Bertz CT molecular complexity index is 667. The average molecular weight is 356 g/mol. The number of nitrogens with zero attached hydrogens (tertiary/aromatic N) is 4. The molecule has 0 spiro atoms. The van der Waals surface area contributed by atoms with Crippen molar-refractivity contribution in [2.45, 2.75) is 38.8 Å². The third-order valence-corrected chi connectivity index (χ3v) is 3.14. The molecule has 8 nitrogen and oxygen atoms in total. The number of isocyanates is 4. The molecule has 136 valence electrons. The summed E-state index contributed by atoms with van der Waals surface area (Å²) in [6.07, 6.45) is 8.72. The van der Waals surface area contributed by atoms with Crippen LogP contribution in [-0.4, -0.2) is 37.4 Å². The van der Waals surface area contributed by atoms with E-state index >= 15 is 0 Å². The van der Waals surface area contributed by atoms with Crippen molar-refractivity contribution in [3.8, 4) is 0 Å². The molecule has 1 aromatic carbocycles. The molecule has 0 bridgehead atoms. The van der Waals surface area contributed by atoms with Gasteiger partial charge in [-0.25, -0.2) is 29.2 Å². The second kappa shape index (κ2) is 16.6. The zero-order valence-corrected chi connectivity index (χ0v) is 14.6. The Kier molecular flexibility index (Phi) is 14.5. The van der Waals surface area contributed by atoms with Crippen LogP contribution in [0.4, 0.5) is 0 Å². The minimum absolute atomic E-state index is 0.556. The summed E-state index contributed by atoms with van der Waals surface area (Å²) in [6, 6.07) is 7.20. The minimum atomic E-state index is -0.814. The Labute approximate surface area is 151 Å². The number of aliphatic imine (C=N–C) groups is 4. The highest BCUT2D eigenvalue weighted by molar-refractivity contribution is 5.39. The molecule has 0 aromatic heterocycles. The van der Waals surface area contributed by atoms with Crippen molar-refractivity contribution < 1.29 is 19.2 Å². The number of unbranched alkanes of at least 4 members (excludes halogenated alkanes) is 3. The van der Waals surface area contributed by atoms with Crippen LogP contribution in [-0.2, 0) is 19.2 Å².